The predicted molar refractivity (Wildman–Crippen MR) is 83.9 cm³/mol. The molecule has 0 amide bonds. The minimum Gasteiger partial charge on any atom is -0.328 e. The maximum atomic E-state index is 13.1. The molecule has 0 saturated carbocycles. The molecule has 0 radical (unpaired) electrons. The minimum atomic E-state index is -0.271. The van der Waals surface area contributed by atoms with Gasteiger partial charge in [-0.3, -0.25) is 9.80 Å². The molecule has 0 aromatic heterocycles. The lowest BCUT2D eigenvalue weighted by molar-refractivity contribution is 0.151. The molecule has 0 spiro atoms. The maximum absolute atomic E-state index is 13.1. The number of hydrogen-bond acceptors (Lipinski definition) is 3. The Labute approximate surface area is 130 Å². The zero-order valence-corrected chi connectivity index (χ0v) is 13.0. The Hall–Kier alpha value is -0.680. The normalized spacial score (nSPS) is 25.6. The fourth-order valence-corrected chi connectivity index (χ4v) is 3.66. The average molecular weight is 312 g/mol. The smallest absolute Gasteiger partial charge is 0.124 e. The first-order valence-corrected chi connectivity index (χ1v) is 8.15. The fourth-order valence-electron chi connectivity index (χ4n) is 3.43. The van der Waals surface area contributed by atoms with E-state index >= 15 is 0 Å². The van der Waals surface area contributed by atoms with E-state index < -0.39 is 0 Å². The van der Waals surface area contributed by atoms with Crippen molar-refractivity contribution in [1.29, 1.82) is 0 Å². The van der Waals surface area contributed by atoms with Gasteiger partial charge in [-0.05, 0) is 50.0 Å². The van der Waals surface area contributed by atoms with Gasteiger partial charge in [-0.15, -0.1) is 0 Å². The molecule has 3 nitrogen and oxygen atoms in total. The molecule has 2 N–H and O–H groups in total. The van der Waals surface area contributed by atoms with Crippen LogP contribution in [0.5, 0.6) is 0 Å². The minimum absolute atomic E-state index is 0.271. The Bertz CT molecular complexity index is 488. The number of nitrogens with two attached hydrogens (primary N) is 1. The summed E-state index contributed by atoms with van der Waals surface area (Å²) in [6.07, 6.45) is 3.43. The summed E-state index contributed by atoms with van der Waals surface area (Å²) >= 11 is 6.12. The topological polar surface area (TPSA) is 32.5 Å². The molecular weight excluding hydrogens is 289 g/mol. The summed E-state index contributed by atoms with van der Waals surface area (Å²) < 4.78 is 13.1. The van der Waals surface area contributed by atoms with Gasteiger partial charge >= 0.3 is 0 Å². The van der Waals surface area contributed by atoms with E-state index in [2.05, 4.69) is 9.80 Å². The van der Waals surface area contributed by atoms with Gasteiger partial charge in [0.25, 0.3) is 0 Å². The molecule has 2 saturated heterocycles. The number of nitrogens with zero attached hydrogens (tertiary/aromatic N) is 2. The number of likely N-dealkylation sites (tertiary alicyclic amines) is 2. The van der Waals surface area contributed by atoms with Gasteiger partial charge in [-0.2, -0.15) is 0 Å². The standard InChI is InChI=1S/C16H23ClFN3/c17-16-9-13(18)2-1-12(16)10-20-6-5-15(11-20)21-7-3-14(19)4-8-21/h1-2,9,14-15H,3-8,10-11,19H2. The first kappa shape index (κ1) is 15.2. The van der Waals surface area contributed by atoms with E-state index in [4.69, 9.17) is 17.3 Å². The summed E-state index contributed by atoms with van der Waals surface area (Å²) in [4.78, 5) is 4.99. The van der Waals surface area contributed by atoms with Crippen LogP contribution in [0.3, 0.4) is 0 Å². The quantitative estimate of drug-likeness (QED) is 0.931. The number of halogens is 2. The summed E-state index contributed by atoms with van der Waals surface area (Å²) in [5, 5.41) is 0.530. The van der Waals surface area contributed by atoms with Gasteiger partial charge in [0.05, 0.1) is 0 Å². The van der Waals surface area contributed by atoms with Crippen molar-refractivity contribution >= 4 is 11.6 Å². The van der Waals surface area contributed by atoms with Gasteiger partial charge in [0, 0.05) is 36.7 Å². The second kappa shape index (κ2) is 6.61. The van der Waals surface area contributed by atoms with Crippen LogP contribution < -0.4 is 5.73 Å². The largest absolute Gasteiger partial charge is 0.328 e. The van der Waals surface area contributed by atoms with Gasteiger partial charge in [0.15, 0.2) is 0 Å². The fraction of sp³-hybridized carbons (Fsp3) is 0.625. The third kappa shape index (κ3) is 3.75. The molecule has 5 heteroatoms. The molecule has 1 aromatic carbocycles. The van der Waals surface area contributed by atoms with Crippen molar-refractivity contribution < 1.29 is 4.39 Å². The van der Waals surface area contributed by atoms with E-state index in [0.29, 0.717) is 17.1 Å². The van der Waals surface area contributed by atoms with Crippen LogP contribution in [0.2, 0.25) is 5.02 Å². The summed E-state index contributed by atoms with van der Waals surface area (Å²) in [5.41, 5.74) is 6.98. The third-order valence-electron chi connectivity index (χ3n) is 4.75. The third-order valence-corrected chi connectivity index (χ3v) is 5.10. The van der Waals surface area contributed by atoms with Gasteiger partial charge in [-0.1, -0.05) is 17.7 Å². The van der Waals surface area contributed by atoms with Crippen LogP contribution in [-0.2, 0) is 6.54 Å². The van der Waals surface area contributed by atoms with Gasteiger partial charge < -0.3 is 5.73 Å². The van der Waals surface area contributed by atoms with Crippen molar-refractivity contribution in [3.05, 3.63) is 34.6 Å². The van der Waals surface area contributed by atoms with E-state index in [-0.39, 0.29) is 5.82 Å². The van der Waals surface area contributed by atoms with Gasteiger partial charge in [-0.25, -0.2) is 4.39 Å². The van der Waals surface area contributed by atoms with Crippen LogP contribution in [0.4, 0.5) is 4.39 Å². The molecule has 1 unspecified atom stereocenters. The molecular formula is C16H23ClFN3. The Morgan fingerprint density at radius 1 is 1.19 bits per heavy atom. The van der Waals surface area contributed by atoms with E-state index in [1.165, 1.54) is 18.6 Å². The molecule has 2 fully saturated rings. The second-order valence-electron chi connectivity index (χ2n) is 6.29. The zero-order chi connectivity index (χ0) is 14.8. The lowest BCUT2D eigenvalue weighted by Crippen LogP contribution is -2.46. The first-order valence-electron chi connectivity index (χ1n) is 7.78. The summed E-state index contributed by atoms with van der Waals surface area (Å²) in [6, 6.07) is 5.70. The highest BCUT2D eigenvalue weighted by Crippen LogP contribution is 2.24. The summed E-state index contributed by atoms with van der Waals surface area (Å²) in [5.74, 6) is -0.271. The van der Waals surface area contributed by atoms with Crippen molar-refractivity contribution in [2.45, 2.75) is 37.9 Å². The molecule has 0 aliphatic carbocycles. The summed E-state index contributed by atoms with van der Waals surface area (Å²) in [7, 11) is 0. The molecule has 2 aliphatic rings. The molecule has 1 atom stereocenters. The molecule has 0 bridgehead atoms. The molecule has 1 aromatic rings. The Kier molecular flexibility index (Phi) is 4.79. The lowest BCUT2D eigenvalue weighted by Gasteiger charge is -2.34. The number of piperidine rings is 1. The molecule has 21 heavy (non-hydrogen) atoms. The Balaban J connectivity index is 1.55. The molecule has 2 heterocycles. The van der Waals surface area contributed by atoms with Crippen molar-refractivity contribution in [3.8, 4) is 0 Å². The van der Waals surface area contributed by atoms with Crippen LogP contribution in [-0.4, -0.2) is 48.1 Å². The highest BCUT2D eigenvalue weighted by molar-refractivity contribution is 6.31. The highest BCUT2D eigenvalue weighted by atomic mass is 35.5. The van der Waals surface area contributed by atoms with Crippen LogP contribution in [0.1, 0.15) is 24.8 Å². The van der Waals surface area contributed by atoms with E-state index in [0.717, 1.165) is 51.1 Å². The van der Waals surface area contributed by atoms with Crippen LogP contribution in [0, 0.1) is 5.82 Å². The van der Waals surface area contributed by atoms with E-state index in [9.17, 15) is 4.39 Å². The lowest BCUT2D eigenvalue weighted by atomic mass is 10.0. The van der Waals surface area contributed by atoms with Crippen molar-refractivity contribution in [2.75, 3.05) is 26.2 Å². The molecule has 116 valence electrons. The van der Waals surface area contributed by atoms with E-state index in [1.54, 1.807) is 6.07 Å². The van der Waals surface area contributed by atoms with Crippen molar-refractivity contribution in [3.63, 3.8) is 0 Å². The molecule has 2 aliphatic heterocycles. The number of rotatable bonds is 3. The van der Waals surface area contributed by atoms with Crippen LogP contribution >= 0.6 is 11.6 Å². The van der Waals surface area contributed by atoms with Crippen LogP contribution in [0.15, 0.2) is 18.2 Å². The number of benzene rings is 1. The monoisotopic (exact) mass is 311 g/mol. The van der Waals surface area contributed by atoms with Gasteiger partial charge in [0.2, 0.25) is 0 Å². The van der Waals surface area contributed by atoms with E-state index in [1.807, 2.05) is 0 Å². The van der Waals surface area contributed by atoms with Crippen molar-refractivity contribution in [1.82, 2.24) is 9.80 Å². The highest BCUT2D eigenvalue weighted by Gasteiger charge is 2.29. The Morgan fingerprint density at radius 3 is 2.67 bits per heavy atom. The first-order chi connectivity index (χ1) is 10.1. The second-order valence-corrected chi connectivity index (χ2v) is 6.69. The molecule has 3 rings (SSSR count). The van der Waals surface area contributed by atoms with Crippen LogP contribution in [0.25, 0.3) is 0 Å². The average Bonchev–Trinajstić information content (AvgIpc) is 2.91. The number of hydrogen-bond donors (Lipinski definition) is 1. The SMILES string of the molecule is NC1CCN(C2CCN(Cc3ccc(F)cc3Cl)C2)CC1. The van der Waals surface area contributed by atoms with Crippen molar-refractivity contribution in [2.24, 2.45) is 5.73 Å². The maximum Gasteiger partial charge on any atom is 0.124 e. The van der Waals surface area contributed by atoms with Gasteiger partial charge in [0.1, 0.15) is 5.82 Å². The Morgan fingerprint density at radius 2 is 1.95 bits per heavy atom. The summed E-state index contributed by atoms with van der Waals surface area (Å²) in [6.45, 7) is 5.21. The predicted octanol–water partition coefficient (Wildman–Crippen LogP) is 2.48. The zero-order valence-electron chi connectivity index (χ0n) is 12.3.